The number of hydrogen-bond acceptors (Lipinski definition) is 1. The highest BCUT2D eigenvalue weighted by atomic mass is 35.5. The summed E-state index contributed by atoms with van der Waals surface area (Å²) in [7, 11) is 1.70. The first kappa shape index (κ1) is 14.0. The summed E-state index contributed by atoms with van der Waals surface area (Å²) in [6.07, 6.45) is 0. The highest BCUT2D eigenvalue weighted by Gasteiger charge is 2.28. The van der Waals surface area contributed by atoms with Crippen molar-refractivity contribution in [2.24, 2.45) is 0 Å². The lowest BCUT2D eigenvalue weighted by atomic mass is 10.0. The lowest BCUT2D eigenvalue weighted by Crippen LogP contribution is -2.46. The molecular weight excluding hydrogens is 241 g/mol. The number of halogens is 2. The van der Waals surface area contributed by atoms with E-state index in [1.165, 1.54) is 18.2 Å². The maximum atomic E-state index is 13.0. The van der Waals surface area contributed by atoms with Crippen molar-refractivity contribution in [2.75, 3.05) is 12.9 Å². The molecule has 1 amide bonds. The second-order valence-corrected chi connectivity index (χ2v) is 5.04. The molecular formula is C13H17ClFNO. The molecule has 0 aliphatic heterocycles. The van der Waals surface area contributed by atoms with Crippen molar-refractivity contribution in [1.82, 2.24) is 4.90 Å². The average molecular weight is 258 g/mol. The Morgan fingerprint density at radius 3 is 2.53 bits per heavy atom. The molecule has 1 aromatic rings. The van der Waals surface area contributed by atoms with Gasteiger partial charge in [0, 0.05) is 18.5 Å². The Morgan fingerprint density at radius 2 is 2.06 bits per heavy atom. The van der Waals surface area contributed by atoms with Crippen LogP contribution in [-0.4, -0.2) is 29.3 Å². The first-order valence-corrected chi connectivity index (χ1v) is 5.93. The van der Waals surface area contributed by atoms with Gasteiger partial charge in [-0.2, -0.15) is 0 Å². The van der Waals surface area contributed by atoms with Gasteiger partial charge < -0.3 is 4.90 Å². The minimum Gasteiger partial charge on any atom is -0.335 e. The van der Waals surface area contributed by atoms with Gasteiger partial charge in [-0.05, 0) is 44.5 Å². The molecule has 1 rings (SSSR count). The largest absolute Gasteiger partial charge is 0.335 e. The third kappa shape index (κ3) is 2.97. The summed E-state index contributed by atoms with van der Waals surface area (Å²) >= 11 is 5.83. The second kappa shape index (κ2) is 5.05. The number of aryl methyl sites for hydroxylation is 1. The van der Waals surface area contributed by atoms with Gasteiger partial charge in [-0.15, -0.1) is 11.6 Å². The molecule has 0 radical (unpaired) electrons. The first-order chi connectivity index (χ1) is 7.79. The molecule has 1 aromatic carbocycles. The van der Waals surface area contributed by atoms with Crippen LogP contribution in [0.2, 0.25) is 0 Å². The van der Waals surface area contributed by atoms with Crippen molar-refractivity contribution in [2.45, 2.75) is 26.3 Å². The molecule has 0 spiro atoms. The van der Waals surface area contributed by atoms with E-state index >= 15 is 0 Å². The van der Waals surface area contributed by atoms with Gasteiger partial charge in [0.2, 0.25) is 0 Å². The number of benzene rings is 1. The van der Waals surface area contributed by atoms with Gasteiger partial charge >= 0.3 is 0 Å². The molecule has 0 bridgehead atoms. The van der Waals surface area contributed by atoms with Crippen LogP contribution in [-0.2, 0) is 0 Å². The molecule has 0 unspecified atom stereocenters. The topological polar surface area (TPSA) is 20.3 Å². The summed E-state index contributed by atoms with van der Waals surface area (Å²) in [6.45, 7) is 5.49. The predicted octanol–water partition coefficient (Wildman–Crippen LogP) is 3.22. The Balaban J connectivity index is 3.05. The smallest absolute Gasteiger partial charge is 0.254 e. The fourth-order valence-electron chi connectivity index (χ4n) is 1.41. The number of rotatable bonds is 3. The minimum absolute atomic E-state index is 0.145. The average Bonchev–Trinajstić information content (AvgIpc) is 2.27. The van der Waals surface area contributed by atoms with E-state index in [9.17, 15) is 9.18 Å². The Labute approximate surface area is 106 Å². The van der Waals surface area contributed by atoms with E-state index in [1.807, 2.05) is 13.8 Å². The number of alkyl halides is 1. The number of amides is 1. The third-order valence-electron chi connectivity index (χ3n) is 2.96. The summed E-state index contributed by atoms with van der Waals surface area (Å²) in [4.78, 5) is 13.8. The molecule has 0 saturated heterocycles. The zero-order chi connectivity index (χ0) is 13.2. The summed E-state index contributed by atoms with van der Waals surface area (Å²) in [6, 6.07) is 4.16. The SMILES string of the molecule is Cc1cc(F)ccc1C(=O)N(C)C(C)(C)CCl. The number of hydrogen-bond donors (Lipinski definition) is 0. The molecule has 0 aliphatic carbocycles. The summed E-state index contributed by atoms with van der Waals surface area (Å²) in [5, 5.41) is 0. The van der Waals surface area contributed by atoms with Crippen LogP contribution >= 0.6 is 11.6 Å². The molecule has 2 nitrogen and oxygen atoms in total. The lowest BCUT2D eigenvalue weighted by molar-refractivity contribution is 0.0659. The fraction of sp³-hybridized carbons (Fsp3) is 0.462. The van der Waals surface area contributed by atoms with Gasteiger partial charge in [0.1, 0.15) is 5.82 Å². The third-order valence-corrected chi connectivity index (χ3v) is 3.61. The van der Waals surface area contributed by atoms with E-state index in [-0.39, 0.29) is 11.7 Å². The van der Waals surface area contributed by atoms with Crippen LogP contribution in [0.25, 0.3) is 0 Å². The Bertz CT molecular complexity index is 431. The predicted molar refractivity (Wildman–Crippen MR) is 68.0 cm³/mol. The summed E-state index contributed by atoms with van der Waals surface area (Å²) in [5.74, 6) is -0.137. The maximum absolute atomic E-state index is 13.0. The van der Waals surface area contributed by atoms with Crippen molar-refractivity contribution in [1.29, 1.82) is 0 Å². The minimum atomic E-state index is -0.431. The first-order valence-electron chi connectivity index (χ1n) is 5.40. The molecule has 94 valence electrons. The van der Waals surface area contributed by atoms with E-state index < -0.39 is 5.54 Å². The number of carbonyl (C=O) groups excluding carboxylic acids is 1. The number of nitrogens with zero attached hydrogens (tertiary/aromatic N) is 1. The zero-order valence-electron chi connectivity index (χ0n) is 10.6. The highest BCUT2D eigenvalue weighted by Crippen LogP contribution is 2.19. The van der Waals surface area contributed by atoms with Gasteiger partial charge in [0.25, 0.3) is 5.91 Å². The van der Waals surface area contributed by atoms with Gasteiger partial charge in [0.05, 0.1) is 5.54 Å². The Morgan fingerprint density at radius 1 is 1.47 bits per heavy atom. The van der Waals surface area contributed by atoms with Crippen LogP contribution in [0.5, 0.6) is 0 Å². The normalized spacial score (nSPS) is 11.4. The van der Waals surface area contributed by atoms with Crippen molar-refractivity contribution < 1.29 is 9.18 Å². The Hall–Kier alpha value is -1.09. The van der Waals surface area contributed by atoms with Gasteiger partial charge in [-0.1, -0.05) is 0 Å². The van der Waals surface area contributed by atoms with Crippen molar-refractivity contribution >= 4 is 17.5 Å². The number of carbonyl (C=O) groups is 1. The van der Waals surface area contributed by atoms with Crippen LogP contribution in [0.15, 0.2) is 18.2 Å². The summed E-state index contributed by atoms with van der Waals surface area (Å²) in [5.41, 5.74) is 0.707. The van der Waals surface area contributed by atoms with E-state index in [4.69, 9.17) is 11.6 Å². The fourth-order valence-corrected chi connectivity index (χ4v) is 1.59. The molecule has 0 heterocycles. The van der Waals surface area contributed by atoms with E-state index in [2.05, 4.69) is 0 Å². The van der Waals surface area contributed by atoms with Crippen molar-refractivity contribution in [3.05, 3.63) is 35.1 Å². The van der Waals surface area contributed by atoms with Crippen molar-refractivity contribution in [3.63, 3.8) is 0 Å². The van der Waals surface area contributed by atoms with Crippen LogP contribution in [0.3, 0.4) is 0 Å². The van der Waals surface area contributed by atoms with Gasteiger partial charge in [0.15, 0.2) is 0 Å². The molecule has 0 aromatic heterocycles. The van der Waals surface area contributed by atoms with Crippen molar-refractivity contribution in [3.8, 4) is 0 Å². The van der Waals surface area contributed by atoms with E-state index in [0.29, 0.717) is 17.0 Å². The van der Waals surface area contributed by atoms with Gasteiger partial charge in [-0.25, -0.2) is 4.39 Å². The van der Waals surface area contributed by atoms with Crippen LogP contribution in [0.4, 0.5) is 4.39 Å². The second-order valence-electron chi connectivity index (χ2n) is 4.77. The van der Waals surface area contributed by atoms with Crippen LogP contribution in [0, 0.1) is 12.7 Å². The summed E-state index contributed by atoms with van der Waals surface area (Å²) < 4.78 is 13.0. The van der Waals surface area contributed by atoms with Crippen LogP contribution < -0.4 is 0 Å². The molecule has 4 heteroatoms. The Kier molecular flexibility index (Phi) is 4.15. The standard InChI is InChI=1S/C13H17ClFNO/c1-9-7-10(15)5-6-11(9)12(17)16(4)13(2,3)8-14/h5-7H,8H2,1-4H3. The monoisotopic (exact) mass is 257 g/mol. The van der Waals surface area contributed by atoms with E-state index in [0.717, 1.165) is 0 Å². The van der Waals surface area contributed by atoms with Crippen LogP contribution in [0.1, 0.15) is 29.8 Å². The molecule has 0 aliphatic rings. The molecule has 0 N–H and O–H groups in total. The maximum Gasteiger partial charge on any atom is 0.254 e. The quantitative estimate of drug-likeness (QED) is 0.762. The van der Waals surface area contributed by atoms with Gasteiger partial charge in [-0.3, -0.25) is 4.79 Å². The zero-order valence-corrected chi connectivity index (χ0v) is 11.3. The lowest BCUT2D eigenvalue weighted by Gasteiger charge is -2.34. The molecule has 17 heavy (non-hydrogen) atoms. The van der Waals surface area contributed by atoms with E-state index in [1.54, 1.807) is 18.9 Å². The molecule has 0 fully saturated rings. The highest BCUT2D eigenvalue weighted by molar-refractivity contribution is 6.18. The molecule has 0 saturated carbocycles. The molecule has 0 atom stereocenters.